The number of nitrogens with zero attached hydrogens (tertiary/aromatic N) is 1. The van der Waals surface area contributed by atoms with Gasteiger partial charge in [0, 0.05) is 13.2 Å². The molecule has 152 valence electrons. The summed E-state index contributed by atoms with van der Waals surface area (Å²) in [5, 5.41) is 2.70. The third kappa shape index (κ3) is 6.61. The number of hydrogen-bond acceptors (Lipinski definition) is 4. The van der Waals surface area contributed by atoms with E-state index in [4.69, 9.17) is 9.47 Å². The molecule has 0 unspecified atom stereocenters. The molecule has 28 heavy (non-hydrogen) atoms. The smallest absolute Gasteiger partial charge is 0.379 e. The molecule has 2 rings (SSSR count). The molecule has 1 N–H and O–H groups in total. The van der Waals surface area contributed by atoms with Crippen molar-refractivity contribution in [2.24, 2.45) is 0 Å². The van der Waals surface area contributed by atoms with E-state index >= 15 is 0 Å². The maximum atomic E-state index is 12.7. The first-order chi connectivity index (χ1) is 13.3. The Kier molecular flexibility index (Phi) is 7.95. The van der Waals surface area contributed by atoms with Crippen LogP contribution in [0.5, 0.6) is 0 Å². The van der Waals surface area contributed by atoms with E-state index < -0.39 is 17.8 Å². The van der Waals surface area contributed by atoms with E-state index in [2.05, 4.69) is 10.3 Å². The number of alkyl halides is 3. The summed E-state index contributed by atoms with van der Waals surface area (Å²) in [4.78, 5) is 15.8. The lowest BCUT2D eigenvalue weighted by Gasteiger charge is -2.11. The van der Waals surface area contributed by atoms with E-state index in [1.807, 2.05) is 31.2 Å². The molecule has 0 fully saturated rings. The van der Waals surface area contributed by atoms with Gasteiger partial charge < -0.3 is 14.8 Å². The van der Waals surface area contributed by atoms with E-state index in [1.165, 1.54) is 6.92 Å². The largest absolute Gasteiger partial charge is 0.433 e. The van der Waals surface area contributed by atoms with Crippen molar-refractivity contribution in [2.75, 3.05) is 19.8 Å². The molecule has 0 aliphatic rings. The lowest BCUT2D eigenvalue weighted by Crippen LogP contribution is -2.24. The molecule has 0 bridgehead atoms. The van der Waals surface area contributed by atoms with Crippen LogP contribution >= 0.6 is 0 Å². The molecule has 1 aromatic carbocycles. The first-order valence-electron chi connectivity index (χ1n) is 8.87. The highest BCUT2D eigenvalue weighted by Crippen LogP contribution is 2.28. The van der Waals surface area contributed by atoms with Crippen molar-refractivity contribution in [3.05, 3.63) is 64.5 Å². The van der Waals surface area contributed by atoms with E-state index in [0.29, 0.717) is 26.4 Å². The Labute approximate surface area is 161 Å². The third-order valence-corrected chi connectivity index (χ3v) is 3.91. The fraction of sp³-hybridized carbons (Fsp3) is 0.400. The summed E-state index contributed by atoms with van der Waals surface area (Å²) in [5.41, 5.74) is 0.943. The summed E-state index contributed by atoms with van der Waals surface area (Å²) in [7, 11) is 0. The first-order valence-corrected chi connectivity index (χ1v) is 8.87. The monoisotopic (exact) mass is 396 g/mol. The van der Waals surface area contributed by atoms with Gasteiger partial charge in [0.25, 0.3) is 5.91 Å². The van der Waals surface area contributed by atoms with Crippen LogP contribution in [0.2, 0.25) is 0 Å². The van der Waals surface area contributed by atoms with E-state index in [0.717, 1.165) is 23.3 Å². The summed E-state index contributed by atoms with van der Waals surface area (Å²) in [6.07, 6.45) is -4.54. The zero-order chi connectivity index (χ0) is 20.6. The van der Waals surface area contributed by atoms with Gasteiger partial charge in [-0.25, -0.2) is 4.98 Å². The number of aromatic nitrogens is 1. The highest BCUT2D eigenvalue weighted by molar-refractivity contribution is 5.95. The van der Waals surface area contributed by atoms with E-state index in [9.17, 15) is 18.0 Å². The zero-order valence-electron chi connectivity index (χ0n) is 15.8. The predicted molar refractivity (Wildman–Crippen MR) is 97.7 cm³/mol. The Morgan fingerprint density at radius 3 is 2.50 bits per heavy atom. The minimum Gasteiger partial charge on any atom is -0.379 e. The van der Waals surface area contributed by atoms with Crippen LogP contribution < -0.4 is 5.32 Å². The summed E-state index contributed by atoms with van der Waals surface area (Å²) < 4.78 is 48.7. The molecule has 8 heteroatoms. The summed E-state index contributed by atoms with van der Waals surface area (Å²) in [6.45, 7) is 5.64. The molecule has 1 amide bonds. The number of benzene rings is 1. The van der Waals surface area contributed by atoms with Gasteiger partial charge in [0.2, 0.25) is 0 Å². The van der Waals surface area contributed by atoms with Crippen molar-refractivity contribution in [2.45, 2.75) is 33.2 Å². The number of nitrogens with one attached hydrogen (secondary N) is 1. The Balaban J connectivity index is 1.91. The molecule has 0 radical (unpaired) electrons. The topological polar surface area (TPSA) is 60.5 Å². The van der Waals surface area contributed by atoms with Crippen molar-refractivity contribution in [1.82, 2.24) is 10.3 Å². The van der Waals surface area contributed by atoms with Crippen LogP contribution in [0, 0.1) is 6.92 Å². The molecule has 0 saturated heterocycles. The minimum atomic E-state index is -4.54. The molecule has 0 atom stereocenters. The van der Waals surface area contributed by atoms with E-state index in [-0.39, 0.29) is 17.8 Å². The van der Waals surface area contributed by atoms with Crippen molar-refractivity contribution in [3.63, 3.8) is 0 Å². The van der Waals surface area contributed by atoms with Gasteiger partial charge in [0.15, 0.2) is 0 Å². The van der Waals surface area contributed by atoms with Gasteiger partial charge in [0.1, 0.15) is 5.69 Å². The average molecular weight is 396 g/mol. The number of amides is 1. The lowest BCUT2D eigenvalue weighted by atomic mass is 10.1. The molecule has 0 aliphatic carbocycles. The Hall–Kier alpha value is -2.45. The second kappa shape index (κ2) is 10.2. The van der Waals surface area contributed by atoms with Crippen LogP contribution in [0.1, 0.15) is 39.8 Å². The maximum Gasteiger partial charge on any atom is 0.433 e. The SMILES string of the molecule is CCOCCOCc1cccc(CNC(=O)c2ccc(C(F)(F)F)nc2C)c1. The Morgan fingerprint density at radius 2 is 1.82 bits per heavy atom. The number of ether oxygens (including phenoxy) is 2. The van der Waals surface area contributed by atoms with E-state index in [1.54, 1.807) is 0 Å². The van der Waals surface area contributed by atoms with Gasteiger partial charge in [-0.05, 0) is 37.1 Å². The number of carbonyl (C=O) groups excluding carboxylic acids is 1. The summed E-state index contributed by atoms with van der Waals surface area (Å²) in [5.74, 6) is -0.475. The Morgan fingerprint density at radius 1 is 1.11 bits per heavy atom. The van der Waals surface area contributed by atoms with Gasteiger partial charge in [-0.15, -0.1) is 0 Å². The quantitative estimate of drug-likeness (QED) is 0.654. The maximum absolute atomic E-state index is 12.7. The Bertz CT molecular complexity index is 795. The predicted octanol–water partition coefficient (Wildman–Crippen LogP) is 3.89. The normalized spacial score (nSPS) is 11.5. The van der Waals surface area contributed by atoms with Crippen LogP contribution in [-0.2, 0) is 28.8 Å². The average Bonchev–Trinajstić information content (AvgIpc) is 2.65. The minimum absolute atomic E-state index is 0.0313. The standard InChI is InChI=1S/C20H23F3N2O3/c1-3-27-9-10-28-13-16-6-4-5-15(11-16)12-24-19(26)17-7-8-18(20(21,22)23)25-14(17)2/h4-8,11H,3,9-10,12-13H2,1-2H3,(H,24,26). The highest BCUT2D eigenvalue weighted by Gasteiger charge is 2.33. The van der Waals surface area contributed by atoms with Gasteiger partial charge in [0.05, 0.1) is 31.1 Å². The molecule has 2 aromatic rings. The molecular formula is C20H23F3N2O3. The van der Waals surface area contributed by atoms with Crippen molar-refractivity contribution in [1.29, 1.82) is 0 Å². The highest BCUT2D eigenvalue weighted by atomic mass is 19.4. The van der Waals surface area contributed by atoms with Crippen LogP contribution in [0.25, 0.3) is 0 Å². The second-order valence-electron chi connectivity index (χ2n) is 6.08. The van der Waals surface area contributed by atoms with Crippen molar-refractivity contribution in [3.8, 4) is 0 Å². The number of aryl methyl sites for hydroxylation is 1. The molecule has 0 spiro atoms. The van der Waals surface area contributed by atoms with Gasteiger partial charge >= 0.3 is 6.18 Å². The fourth-order valence-electron chi connectivity index (χ4n) is 2.52. The summed E-state index contributed by atoms with van der Waals surface area (Å²) in [6, 6.07) is 9.47. The molecule has 0 aliphatic heterocycles. The number of halogens is 3. The van der Waals surface area contributed by atoms with Crippen LogP contribution in [-0.4, -0.2) is 30.7 Å². The van der Waals surface area contributed by atoms with Gasteiger partial charge in [-0.1, -0.05) is 24.3 Å². The molecule has 1 aromatic heterocycles. The molecular weight excluding hydrogens is 373 g/mol. The molecule has 1 heterocycles. The molecule has 5 nitrogen and oxygen atoms in total. The number of pyridine rings is 1. The van der Waals surface area contributed by atoms with Crippen molar-refractivity contribution < 1.29 is 27.4 Å². The number of carbonyl (C=O) groups is 1. The third-order valence-electron chi connectivity index (χ3n) is 3.91. The zero-order valence-corrected chi connectivity index (χ0v) is 15.8. The van der Waals surface area contributed by atoms with Crippen LogP contribution in [0.4, 0.5) is 13.2 Å². The van der Waals surface area contributed by atoms with Crippen molar-refractivity contribution >= 4 is 5.91 Å². The van der Waals surface area contributed by atoms with Crippen LogP contribution in [0.3, 0.4) is 0 Å². The molecule has 0 saturated carbocycles. The second-order valence-corrected chi connectivity index (χ2v) is 6.08. The van der Waals surface area contributed by atoms with Gasteiger partial charge in [-0.3, -0.25) is 4.79 Å². The number of hydrogen-bond donors (Lipinski definition) is 1. The van der Waals surface area contributed by atoms with Crippen LogP contribution in [0.15, 0.2) is 36.4 Å². The first kappa shape index (κ1) is 21.8. The fourth-order valence-corrected chi connectivity index (χ4v) is 2.52. The summed E-state index contributed by atoms with van der Waals surface area (Å²) >= 11 is 0. The van der Waals surface area contributed by atoms with Gasteiger partial charge in [-0.2, -0.15) is 13.2 Å². The number of rotatable bonds is 9. The lowest BCUT2D eigenvalue weighted by molar-refractivity contribution is -0.141.